The van der Waals surface area contributed by atoms with E-state index in [1.807, 2.05) is 60.7 Å². The van der Waals surface area contributed by atoms with E-state index in [-0.39, 0.29) is 38.7 Å². The second-order valence-corrected chi connectivity index (χ2v) is 10.3. The van der Waals surface area contributed by atoms with Crippen molar-refractivity contribution in [3.63, 3.8) is 0 Å². The third-order valence-electron chi connectivity index (χ3n) is 5.44. The van der Waals surface area contributed by atoms with E-state index in [1.54, 1.807) is 45.0 Å². The van der Waals surface area contributed by atoms with Crippen LogP contribution in [0.5, 0.6) is 5.75 Å². The molecule has 0 radical (unpaired) electrons. The molecular weight excluding hydrogens is 568 g/mol. The molecule has 0 saturated heterocycles. The number of nitrogens with one attached hydrogen (secondary N) is 3. The molecule has 3 amide bonds. The lowest BCUT2D eigenvalue weighted by atomic mass is 10.2. The Hall–Kier alpha value is -5.39. The molecular formula is C32H36N4O8. The minimum atomic E-state index is -0.820. The van der Waals surface area contributed by atoms with Crippen LogP contribution in [0.4, 0.5) is 14.4 Å². The molecule has 0 atom stereocenters. The highest BCUT2D eigenvalue weighted by molar-refractivity contribution is 6.01. The molecule has 0 aromatic heterocycles. The SMILES string of the molecule is CC(C)(C)OC(=O)NCCC(=O)Oc1ccc(CN=C(NC(=O)OCc2ccccc2)NC(=O)OCc2ccccc2)cc1. The Morgan fingerprint density at radius 2 is 1.20 bits per heavy atom. The molecule has 3 aromatic carbocycles. The van der Waals surface area contributed by atoms with E-state index < -0.39 is 29.9 Å². The average Bonchev–Trinajstić information content (AvgIpc) is 2.98. The number of rotatable bonds is 10. The number of alkyl carbamates (subject to hydrolysis) is 3. The van der Waals surface area contributed by atoms with Crippen molar-refractivity contribution in [3.05, 3.63) is 102 Å². The number of nitrogens with zero attached hydrogens (tertiary/aromatic N) is 1. The lowest BCUT2D eigenvalue weighted by Crippen LogP contribution is -2.44. The topological polar surface area (TPSA) is 154 Å². The highest BCUT2D eigenvalue weighted by Crippen LogP contribution is 2.14. The first-order chi connectivity index (χ1) is 21.1. The van der Waals surface area contributed by atoms with E-state index in [2.05, 4.69) is 20.9 Å². The number of hydrogen-bond donors (Lipinski definition) is 3. The van der Waals surface area contributed by atoms with Gasteiger partial charge in [0.25, 0.3) is 0 Å². The molecule has 0 bridgehead atoms. The predicted octanol–water partition coefficient (Wildman–Crippen LogP) is 5.22. The summed E-state index contributed by atoms with van der Waals surface area (Å²) in [5, 5.41) is 7.36. The molecule has 44 heavy (non-hydrogen) atoms. The van der Waals surface area contributed by atoms with E-state index in [0.717, 1.165) is 11.1 Å². The summed E-state index contributed by atoms with van der Waals surface area (Å²) in [6.07, 6.45) is -2.31. The zero-order valence-electron chi connectivity index (χ0n) is 24.8. The van der Waals surface area contributed by atoms with Crippen LogP contribution < -0.4 is 20.7 Å². The first-order valence-electron chi connectivity index (χ1n) is 13.8. The Labute approximate surface area is 255 Å². The van der Waals surface area contributed by atoms with Gasteiger partial charge < -0.3 is 24.3 Å². The van der Waals surface area contributed by atoms with Crippen molar-refractivity contribution in [1.29, 1.82) is 0 Å². The van der Waals surface area contributed by atoms with E-state index in [1.165, 1.54) is 0 Å². The Bertz CT molecular complexity index is 1350. The monoisotopic (exact) mass is 604 g/mol. The first-order valence-corrected chi connectivity index (χ1v) is 13.8. The Kier molecular flexibility index (Phi) is 12.7. The van der Waals surface area contributed by atoms with Gasteiger partial charge in [0, 0.05) is 6.54 Å². The summed E-state index contributed by atoms with van der Waals surface area (Å²) in [6.45, 7) is 5.39. The van der Waals surface area contributed by atoms with Gasteiger partial charge in [-0.15, -0.1) is 0 Å². The zero-order valence-corrected chi connectivity index (χ0v) is 24.8. The van der Waals surface area contributed by atoms with Crippen molar-refractivity contribution in [2.24, 2.45) is 4.99 Å². The minimum absolute atomic E-state index is 0.0235. The van der Waals surface area contributed by atoms with Crippen LogP contribution in [0, 0.1) is 0 Å². The van der Waals surface area contributed by atoms with Gasteiger partial charge in [-0.1, -0.05) is 72.8 Å². The average molecular weight is 605 g/mol. The number of amides is 3. The maximum absolute atomic E-state index is 12.4. The number of aliphatic imine (C=N–C) groups is 1. The van der Waals surface area contributed by atoms with Crippen LogP contribution in [0.2, 0.25) is 0 Å². The van der Waals surface area contributed by atoms with Gasteiger partial charge in [0.15, 0.2) is 0 Å². The number of guanidine groups is 1. The Morgan fingerprint density at radius 3 is 1.70 bits per heavy atom. The van der Waals surface area contributed by atoms with Gasteiger partial charge in [-0.25, -0.2) is 19.4 Å². The second-order valence-electron chi connectivity index (χ2n) is 10.3. The minimum Gasteiger partial charge on any atom is -0.444 e. The lowest BCUT2D eigenvalue weighted by molar-refractivity contribution is -0.134. The van der Waals surface area contributed by atoms with Gasteiger partial charge in [-0.05, 0) is 49.6 Å². The van der Waals surface area contributed by atoms with E-state index >= 15 is 0 Å². The fourth-order valence-electron chi connectivity index (χ4n) is 3.42. The van der Waals surface area contributed by atoms with E-state index in [4.69, 9.17) is 18.9 Å². The van der Waals surface area contributed by atoms with Crippen molar-refractivity contribution < 1.29 is 38.1 Å². The molecule has 0 fully saturated rings. The molecule has 232 valence electrons. The molecule has 12 nitrogen and oxygen atoms in total. The molecule has 0 aliphatic carbocycles. The van der Waals surface area contributed by atoms with Gasteiger partial charge >= 0.3 is 24.2 Å². The van der Waals surface area contributed by atoms with Crippen LogP contribution in [0.15, 0.2) is 89.9 Å². The van der Waals surface area contributed by atoms with Crippen LogP contribution >= 0.6 is 0 Å². The Balaban J connectivity index is 1.54. The molecule has 0 saturated carbocycles. The molecule has 0 unspecified atom stereocenters. The van der Waals surface area contributed by atoms with Crippen molar-refractivity contribution in [1.82, 2.24) is 16.0 Å². The third kappa shape index (κ3) is 13.5. The van der Waals surface area contributed by atoms with Gasteiger partial charge in [-0.3, -0.25) is 15.4 Å². The fourth-order valence-corrected chi connectivity index (χ4v) is 3.42. The number of carbonyl (C=O) groups excluding carboxylic acids is 4. The van der Waals surface area contributed by atoms with E-state index in [0.29, 0.717) is 11.3 Å². The van der Waals surface area contributed by atoms with Gasteiger partial charge in [0.1, 0.15) is 24.6 Å². The van der Waals surface area contributed by atoms with Crippen molar-refractivity contribution >= 4 is 30.2 Å². The third-order valence-corrected chi connectivity index (χ3v) is 5.44. The van der Waals surface area contributed by atoms with Crippen LogP contribution in [0.25, 0.3) is 0 Å². The second kappa shape index (κ2) is 16.9. The van der Waals surface area contributed by atoms with Crippen molar-refractivity contribution in [3.8, 4) is 5.75 Å². The van der Waals surface area contributed by atoms with Crippen LogP contribution in [0.3, 0.4) is 0 Å². The molecule has 0 heterocycles. The zero-order chi connectivity index (χ0) is 31.8. The van der Waals surface area contributed by atoms with Crippen LogP contribution in [0.1, 0.15) is 43.9 Å². The smallest absolute Gasteiger partial charge is 0.414 e. The highest BCUT2D eigenvalue weighted by Gasteiger charge is 2.16. The maximum atomic E-state index is 12.4. The van der Waals surface area contributed by atoms with Crippen molar-refractivity contribution in [2.75, 3.05) is 6.54 Å². The number of benzene rings is 3. The van der Waals surface area contributed by atoms with Crippen LogP contribution in [-0.4, -0.2) is 42.4 Å². The quantitative estimate of drug-likeness (QED) is 0.0937. The molecule has 0 aliphatic rings. The summed E-state index contributed by atoms with van der Waals surface area (Å²) < 4.78 is 20.9. The Morgan fingerprint density at radius 1 is 0.682 bits per heavy atom. The van der Waals surface area contributed by atoms with Gasteiger partial charge in [0.05, 0.1) is 13.0 Å². The van der Waals surface area contributed by atoms with E-state index in [9.17, 15) is 19.2 Å². The first kappa shape index (κ1) is 33.1. The fraction of sp³-hybridized carbons (Fsp3) is 0.281. The molecule has 3 aromatic rings. The molecule has 12 heteroatoms. The normalized spacial score (nSPS) is 10.5. The molecule has 0 aliphatic heterocycles. The summed E-state index contributed by atoms with van der Waals surface area (Å²) in [7, 11) is 0. The largest absolute Gasteiger partial charge is 0.444 e. The number of carbonyl (C=O) groups is 4. The predicted molar refractivity (Wildman–Crippen MR) is 162 cm³/mol. The number of esters is 1. The lowest BCUT2D eigenvalue weighted by Gasteiger charge is -2.19. The summed E-state index contributed by atoms with van der Waals surface area (Å²) >= 11 is 0. The van der Waals surface area contributed by atoms with Crippen molar-refractivity contribution in [2.45, 2.75) is 52.6 Å². The molecule has 0 spiro atoms. The number of ether oxygens (including phenoxy) is 4. The molecule has 3 rings (SSSR count). The summed E-state index contributed by atoms with van der Waals surface area (Å²) in [6, 6.07) is 24.7. The maximum Gasteiger partial charge on any atom is 0.414 e. The summed E-state index contributed by atoms with van der Waals surface area (Å²) in [4.78, 5) is 53.0. The highest BCUT2D eigenvalue weighted by atomic mass is 16.6. The van der Waals surface area contributed by atoms with Gasteiger partial charge in [-0.2, -0.15) is 0 Å². The van der Waals surface area contributed by atoms with Crippen LogP contribution in [-0.2, 0) is 38.8 Å². The standard InChI is InChI=1S/C32H36N4O8/c1-32(2,3)44-29(38)33-19-18-27(37)43-26-16-14-23(15-17-26)20-34-28(35-30(39)41-21-24-10-6-4-7-11-24)36-31(40)42-22-25-12-8-5-9-13-25/h4-17H,18-22H2,1-3H3,(H,33,38)(H2,34,35,36,39,40). The van der Waals surface area contributed by atoms with Gasteiger partial charge in [0.2, 0.25) is 5.96 Å². The molecule has 3 N–H and O–H groups in total. The summed E-state index contributed by atoms with van der Waals surface area (Å²) in [5.74, 6) is -0.412. The number of hydrogen-bond acceptors (Lipinski definition) is 9. The summed E-state index contributed by atoms with van der Waals surface area (Å²) in [5.41, 5.74) is 1.63.